The normalized spacial score (nSPS) is 18.8. The molecule has 31 heavy (non-hydrogen) atoms. The molecule has 4 rings (SSSR count). The van der Waals surface area contributed by atoms with Crippen LogP contribution in [0.3, 0.4) is 0 Å². The summed E-state index contributed by atoms with van der Waals surface area (Å²) in [5, 5.41) is 0.394. The number of aryl methyl sites for hydroxylation is 1. The van der Waals surface area contributed by atoms with Gasteiger partial charge in [0.25, 0.3) is 11.5 Å². The Morgan fingerprint density at radius 1 is 1.39 bits per heavy atom. The minimum Gasteiger partial charge on any atom is -0.390 e. The summed E-state index contributed by atoms with van der Waals surface area (Å²) in [6.07, 6.45) is 0.182. The van der Waals surface area contributed by atoms with Gasteiger partial charge in [-0.15, -0.1) is 11.3 Å². The van der Waals surface area contributed by atoms with Crippen LogP contribution in [0.1, 0.15) is 29.3 Å². The van der Waals surface area contributed by atoms with E-state index in [1.807, 2.05) is 11.8 Å². The molecule has 3 heterocycles. The maximum absolute atomic E-state index is 13.5. The van der Waals surface area contributed by atoms with E-state index in [9.17, 15) is 18.4 Å². The van der Waals surface area contributed by atoms with E-state index in [2.05, 4.69) is 9.98 Å². The maximum atomic E-state index is 13.5. The number of nitrogens with zero attached hydrogens (tertiary/aromatic N) is 5. The van der Waals surface area contributed by atoms with Gasteiger partial charge in [0.2, 0.25) is 5.96 Å². The van der Waals surface area contributed by atoms with E-state index < -0.39 is 36.1 Å². The number of nitrogens with two attached hydrogens (primary N) is 1. The molecule has 0 amide bonds. The van der Waals surface area contributed by atoms with Gasteiger partial charge in [-0.1, -0.05) is 0 Å². The van der Waals surface area contributed by atoms with E-state index in [1.165, 1.54) is 29.4 Å². The number of hydrogen-bond donors (Lipinski definition) is 1. The first-order valence-electron chi connectivity index (χ1n) is 9.95. The van der Waals surface area contributed by atoms with Gasteiger partial charge >= 0.3 is 5.69 Å². The van der Waals surface area contributed by atoms with Crippen molar-refractivity contribution in [3.63, 3.8) is 0 Å². The lowest BCUT2D eigenvalue weighted by Gasteiger charge is -2.35. The molecule has 2 aromatic heterocycles. The number of methoxy groups -OCH3 is 1. The first kappa shape index (κ1) is 21.6. The minimum atomic E-state index is -2.84. The molecule has 2 aliphatic rings. The predicted molar refractivity (Wildman–Crippen MR) is 116 cm³/mol. The number of halogens is 2. The van der Waals surface area contributed by atoms with E-state index in [-0.39, 0.29) is 13.2 Å². The molecule has 1 fully saturated rings. The van der Waals surface area contributed by atoms with Crippen LogP contribution in [0.5, 0.6) is 0 Å². The van der Waals surface area contributed by atoms with Crippen molar-refractivity contribution in [2.75, 3.05) is 26.8 Å². The van der Waals surface area contributed by atoms with Crippen molar-refractivity contribution in [1.82, 2.24) is 14.0 Å². The van der Waals surface area contributed by atoms with Crippen LogP contribution in [0, 0.1) is 6.92 Å². The van der Waals surface area contributed by atoms with Gasteiger partial charge in [0.1, 0.15) is 4.83 Å². The summed E-state index contributed by atoms with van der Waals surface area (Å²) >= 11 is 1.35. The molecule has 0 spiro atoms. The number of ether oxygens (including phenoxy) is 1. The number of alkyl halides is 2. The molecule has 9 nitrogen and oxygen atoms in total. The maximum Gasteiger partial charge on any atom is 0.332 e. The van der Waals surface area contributed by atoms with Crippen LogP contribution in [0.25, 0.3) is 10.2 Å². The Hall–Kier alpha value is -2.60. The van der Waals surface area contributed by atoms with Crippen molar-refractivity contribution in [3.05, 3.63) is 31.3 Å². The summed E-state index contributed by atoms with van der Waals surface area (Å²) < 4.78 is 34.6. The second-order valence-electron chi connectivity index (χ2n) is 7.73. The molecular formula is C19H24F2N6O3S. The largest absolute Gasteiger partial charge is 0.390 e. The molecule has 0 aromatic carbocycles. The average molecular weight is 455 g/mol. The number of aromatic nitrogens is 2. The molecule has 2 N–H and O–H groups in total. The fraction of sp³-hybridized carbons (Fsp3) is 0.579. The Balaban J connectivity index is 1.82. The third-order valence-corrected chi connectivity index (χ3v) is 7.02. The number of rotatable bonds is 6. The average Bonchev–Trinajstić information content (AvgIpc) is 3.25. The fourth-order valence-electron chi connectivity index (χ4n) is 4.06. The van der Waals surface area contributed by atoms with Crippen molar-refractivity contribution in [2.24, 2.45) is 15.7 Å². The van der Waals surface area contributed by atoms with Crippen LogP contribution in [0.15, 0.2) is 19.6 Å². The number of hydrogen-bond acceptors (Lipinski definition) is 7. The minimum absolute atomic E-state index is 0.225. The summed E-state index contributed by atoms with van der Waals surface area (Å²) in [6, 6.07) is -0.799. The Labute approximate surface area is 180 Å². The Kier molecular flexibility index (Phi) is 5.69. The quantitative estimate of drug-likeness (QED) is 0.523. The van der Waals surface area contributed by atoms with Crippen molar-refractivity contribution >= 4 is 33.9 Å². The lowest BCUT2D eigenvalue weighted by molar-refractivity contribution is -0.106. The van der Waals surface area contributed by atoms with Crippen LogP contribution in [-0.4, -0.2) is 59.1 Å². The Morgan fingerprint density at radius 3 is 2.77 bits per heavy atom. The zero-order valence-electron chi connectivity index (χ0n) is 17.3. The molecule has 0 bridgehead atoms. The molecule has 0 radical (unpaired) electrons. The molecule has 1 aliphatic carbocycles. The topological polar surface area (TPSA) is 107 Å². The molecule has 12 heteroatoms. The molecule has 0 unspecified atom stereocenters. The molecular weight excluding hydrogens is 430 g/mol. The Bertz CT molecular complexity index is 1170. The van der Waals surface area contributed by atoms with Gasteiger partial charge in [0.05, 0.1) is 44.0 Å². The van der Waals surface area contributed by atoms with E-state index in [0.717, 1.165) is 15.0 Å². The van der Waals surface area contributed by atoms with Gasteiger partial charge in [-0.05, 0) is 12.5 Å². The van der Waals surface area contributed by atoms with Gasteiger partial charge in [0.15, 0.2) is 0 Å². The zero-order chi connectivity index (χ0) is 22.3. The number of guanidine groups is 1. The van der Waals surface area contributed by atoms with E-state index in [0.29, 0.717) is 35.8 Å². The van der Waals surface area contributed by atoms with Crippen molar-refractivity contribution in [2.45, 2.75) is 44.8 Å². The lowest BCUT2D eigenvalue weighted by Crippen LogP contribution is -2.49. The van der Waals surface area contributed by atoms with Crippen LogP contribution in [0.4, 0.5) is 8.78 Å². The van der Waals surface area contributed by atoms with E-state index >= 15 is 0 Å². The first-order valence-corrected chi connectivity index (χ1v) is 10.8. The van der Waals surface area contributed by atoms with Crippen molar-refractivity contribution in [1.29, 1.82) is 0 Å². The van der Waals surface area contributed by atoms with Crippen LogP contribution < -0.4 is 17.0 Å². The molecule has 168 valence electrons. The smallest absolute Gasteiger partial charge is 0.332 e. The number of aliphatic imine (C=N–C) groups is 2. The lowest BCUT2D eigenvalue weighted by atomic mass is 9.88. The van der Waals surface area contributed by atoms with Gasteiger partial charge < -0.3 is 15.4 Å². The monoisotopic (exact) mass is 454 g/mol. The van der Waals surface area contributed by atoms with Crippen LogP contribution in [0.2, 0.25) is 0 Å². The van der Waals surface area contributed by atoms with Crippen LogP contribution >= 0.6 is 11.3 Å². The standard InChI is InChI=1S/C19H24F2N6O3S/c1-11-13(9-25-4-3-23-17(25)24-10-22)31-16-14(11)15(28)27(12-7-19(20,21)8-12)18(29)26(16)5-6-30-2/h10,12H,3-9H2,1-2H3,(H2,22,23,24). The Morgan fingerprint density at radius 2 is 2.13 bits per heavy atom. The molecule has 2 aromatic rings. The fourth-order valence-corrected chi connectivity index (χ4v) is 5.39. The molecule has 0 saturated heterocycles. The third kappa shape index (κ3) is 3.78. The van der Waals surface area contributed by atoms with Crippen molar-refractivity contribution < 1.29 is 13.5 Å². The highest BCUT2D eigenvalue weighted by atomic mass is 32.1. The van der Waals surface area contributed by atoms with Gasteiger partial charge in [0, 0.05) is 31.4 Å². The molecule has 1 saturated carbocycles. The third-order valence-electron chi connectivity index (χ3n) is 5.72. The second-order valence-corrected chi connectivity index (χ2v) is 8.82. The summed E-state index contributed by atoms with van der Waals surface area (Å²) in [6.45, 7) is 4.02. The predicted octanol–water partition coefficient (Wildman–Crippen LogP) is 1.31. The summed E-state index contributed by atoms with van der Waals surface area (Å²) in [5.74, 6) is -2.32. The highest BCUT2D eigenvalue weighted by molar-refractivity contribution is 7.18. The summed E-state index contributed by atoms with van der Waals surface area (Å²) in [4.78, 5) is 38.1. The van der Waals surface area contributed by atoms with Gasteiger partial charge in [-0.3, -0.25) is 13.9 Å². The van der Waals surface area contributed by atoms with E-state index in [1.54, 1.807) is 0 Å². The number of fused-ring (bicyclic) bond motifs is 1. The SMILES string of the molecule is COCCn1c(=O)n(C2CC(F)(F)C2)c(=O)c2c(C)c(CN3CCN=C3N=CN)sc21. The highest BCUT2D eigenvalue weighted by Gasteiger charge is 2.47. The second kappa shape index (κ2) is 8.15. The van der Waals surface area contributed by atoms with Crippen molar-refractivity contribution in [3.8, 4) is 0 Å². The van der Waals surface area contributed by atoms with Gasteiger partial charge in [-0.2, -0.15) is 0 Å². The highest BCUT2D eigenvalue weighted by Crippen LogP contribution is 2.44. The summed E-state index contributed by atoms with van der Waals surface area (Å²) in [7, 11) is 1.52. The van der Waals surface area contributed by atoms with E-state index in [4.69, 9.17) is 10.5 Å². The van der Waals surface area contributed by atoms with Crippen LogP contribution in [-0.2, 0) is 17.8 Å². The van der Waals surface area contributed by atoms with Gasteiger partial charge in [-0.25, -0.2) is 23.6 Å². The molecule has 1 aliphatic heterocycles. The summed E-state index contributed by atoms with van der Waals surface area (Å²) in [5.41, 5.74) is 5.05. The first-order chi connectivity index (χ1) is 14.8. The number of thiophene rings is 1. The zero-order valence-corrected chi connectivity index (χ0v) is 18.1. The molecule has 0 atom stereocenters.